The Morgan fingerprint density at radius 3 is 2.50 bits per heavy atom. The highest BCUT2D eigenvalue weighted by Gasteiger charge is 2.13. The van der Waals surface area contributed by atoms with Gasteiger partial charge < -0.3 is 10.8 Å². The van der Waals surface area contributed by atoms with E-state index in [1.807, 2.05) is 24.3 Å². The van der Waals surface area contributed by atoms with Gasteiger partial charge in [0, 0.05) is 16.2 Å². The van der Waals surface area contributed by atoms with Crippen LogP contribution < -0.4 is 5.73 Å². The minimum atomic E-state index is -0.734. The molecular weight excluding hydrogens is 268 g/mol. The molecule has 0 aliphatic rings. The van der Waals surface area contributed by atoms with Crippen LogP contribution in [0.3, 0.4) is 0 Å². The van der Waals surface area contributed by atoms with Crippen LogP contribution in [0.25, 0.3) is 0 Å². The molecule has 82 valence electrons. The third kappa shape index (κ3) is 2.23. The van der Waals surface area contributed by atoms with Crippen LogP contribution in [0.15, 0.2) is 47.1 Å². The summed E-state index contributed by atoms with van der Waals surface area (Å²) < 4.78 is 0.975. The van der Waals surface area contributed by atoms with Gasteiger partial charge in [-0.2, -0.15) is 0 Å². The maximum Gasteiger partial charge on any atom is 0.129 e. The molecule has 0 aliphatic carbocycles. The van der Waals surface area contributed by atoms with Crippen LogP contribution in [0.2, 0.25) is 0 Å². The topological polar surface area (TPSA) is 59.1 Å². The number of benzene rings is 1. The summed E-state index contributed by atoms with van der Waals surface area (Å²) in [6, 6.07) is 11.0. The van der Waals surface area contributed by atoms with Gasteiger partial charge in [-0.1, -0.05) is 34.1 Å². The fraction of sp³-hybridized carbons (Fsp3) is 0.0833. The Hall–Kier alpha value is -1.39. The molecular formula is C12H11BrN2O. The summed E-state index contributed by atoms with van der Waals surface area (Å²) in [4.78, 5) is 3.95. The number of nitrogens with zero attached hydrogens (tertiary/aromatic N) is 1. The highest BCUT2D eigenvalue weighted by Crippen LogP contribution is 2.25. The van der Waals surface area contributed by atoms with Crippen LogP contribution in [-0.2, 0) is 0 Å². The van der Waals surface area contributed by atoms with Gasteiger partial charge in [0.2, 0.25) is 0 Å². The first-order valence-electron chi connectivity index (χ1n) is 4.82. The van der Waals surface area contributed by atoms with Crippen molar-refractivity contribution in [3.05, 3.63) is 58.2 Å². The number of aromatic nitrogens is 1. The largest absolute Gasteiger partial charge is 0.384 e. The smallest absolute Gasteiger partial charge is 0.129 e. The quantitative estimate of drug-likeness (QED) is 0.888. The predicted octanol–water partition coefficient (Wildman–Crippen LogP) is 2.51. The lowest BCUT2D eigenvalue weighted by Gasteiger charge is -2.12. The van der Waals surface area contributed by atoms with Crippen LogP contribution in [0.4, 0.5) is 5.82 Å². The van der Waals surface area contributed by atoms with Gasteiger partial charge in [0.25, 0.3) is 0 Å². The number of hydrogen-bond acceptors (Lipinski definition) is 3. The molecule has 3 nitrogen and oxygen atoms in total. The first-order chi connectivity index (χ1) is 7.68. The van der Waals surface area contributed by atoms with E-state index in [0.29, 0.717) is 11.4 Å². The molecule has 0 spiro atoms. The van der Waals surface area contributed by atoms with Crippen molar-refractivity contribution in [2.24, 2.45) is 0 Å². The summed E-state index contributed by atoms with van der Waals surface area (Å²) in [5, 5.41) is 10.1. The van der Waals surface area contributed by atoms with E-state index in [1.165, 1.54) is 0 Å². The molecule has 0 saturated carbocycles. The number of rotatable bonds is 2. The molecule has 1 aromatic carbocycles. The van der Waals surface area contributed by atoms with E-state index in [1.54, 1.807) is 18.3 Å². The van der Waals surface area contributed by atoms with Gasteiger partial charge in [-0.15, -0.1) is 0 Å². The predicted molar refractivity (Wildman–Crippen MR) is 66.9 cm³/mol. The Kier molecular flexibility index (Phi) is 3.22. The molecule has 1 heterocycles. The van der Waals surface area contributed by atoms with E-state index >= 15 is 0 Å². The number of anilines is 1. The second kappa shape index (κ2) is 4.63. The van der Waals surface area contributed by atoms with Gasteiger partial charge in [-0.05, 0) is 23.8 Å². The van der Waals surface area contributed by atoms with E-state index < -0.39 is 6.10 Å². The van der Waals surface area contributed by atoms with Gasteiger partial charge >= 0.3 is 0 Å². The second-order valence-electron chi connectivity index (χ2n) is 3.43. The van der Waals surface area contributed by atoms with Crippen molar-refractivity contribution in [1.82, 2.24) is 4.98 Å². The summed E-state index contributed by atoms with van der Waals surface area (Å²) in [7, 11) is 0. The first kappa shape index (κ1) is 11.1. The van der Waals surface area contributed by atoms with Crippen molar-refractivity contribution in [3.63, 3.8) is 0 Å². The molecule has 0 radical (unpaired) electrons. The lowest BCUT2D eigenvalue weighted by atomic mass is 10.0. The lowest BCUT2D eigenvalue weighted by molar-refractivity contribution is 0.220. The number of aliphatic hydroxyl groups is 1. The monoisotopic (exact) mass is 278 g/mol. The van der Waals surface area contributed by atoms with Crippen molar-refractivity contribution >= 4 is 21.7 Å². The van der Waals surface area contributed by atoms with Crippen LogP contribution in [0.5, 0.6) is 0 Å². The van der Waals surface area contributed by atoms with Gasteiger partial charge in [-0.25, -0.2) is 4.98 Å². The highest BCUT2D eigenvalue weighted by molar-refractivity contribution is 9.10. The molecule has 1 aromatic heterocycles. The number of hydrogen-bond donors (Lipinski definition) is 2. The molecule has 3 N–H and O–H groups in total. The van der Waals surface area contributed by atoms with E-state index in [4.69, 9.17) is 5.73 Å². The Labute approximate surface area is 102 Å². The van der Waals surface area contributed by atoms with Crippen molar-refractivity contribution in [2.45, 2.75) is 6.10 Å². The zero-order valence-electron chi connectivity index (χ0n) is 8.47. The van der Waals surface area contributed by atoms with Crippen molar-refractivity contribution < 1.29 is 5.11 Å². The Morgan fingerprint density at radius 2 is 1.88 bits per heavy atom. The zero-order valence-corrected chi connectivity index (χ0v) is 10.1. The molecule has 16 heavy (non-hydrogen) atoms. The molecule has 0 saturated heterocycles. The summed E-state index contributed by atoms with van der Waals surface area (Å²) >= 11 is 3.35. The number of halogens is 1. The Balaban J connectivity index is 2.35. The number of nitrogens with two attached hydrogens (primary N) is 1. The lowest BCUT2D eigenvalue weighted by Crippen LogP contribution is -2.04. The first-order valence-corrected chi connectivity index (χ1v) is 5.61. The fourth-order valence-corrected chi connectivity index (χ4v) is 1.75. The van der Waals surface area contributed by atoms with Gasteiger partial charge in [0.15, 0.2) is 0 Å². The van der Waals surface area contributed by atoms with E-state index in [-0.39, 0.29) is 0 Å². The molecule has 0 fully saturated rings. The minimum Gasteiger partial charge on any atom is -0.384 e. The van der Waals surface area contributed by atoms with Crippen LogP contribution in [0, 0.1) is 0 Å². The molecule has 0 bridgehead atoms. The average Bonchev–Trinajstić information content (AvgIpc) is 2.30. The maximum atomic E-state index is 10.1. The highest BCUT2D eigenvalue weighted by atomic mass is 79.9. The van der Waals surface area contributed by atoms with Crippen LogP contribution in [0.1, 0.15) is 17.2 Å². The normalized spacial score (nSPS) is 12.4. The Bertz CT molecular complexity index is 485. The molecule has 4 heteroatoms. The van der Waals surface area contributed by atoms with E-state index in [2.05, 4.69) is 20.9 Å². The maximum absolute atomic E-state index is 10.1. The molecule has 1 unspecified atom stereocenters. The standard InChI is InChI=1S/C12H11BrN2O/c13-9-5-3-8(4-6-9)11(16)10-2-1-7-15-12(10)14/h1-7,11,16H,(H2,14,15). The van der Waals surface area contributed by atoms with Gasteiger partial charge in [0.1, 0.15) is 11.9 Å². The Morgan fingerprint density at radius 1 is 1.19 bits per heavy atom. The summed E-state index contributed by atoms with van der Waals surface area (Å²) in [6.07, 6.45) is 0.870. The van der Waals surface area contributed by atoms with Crippen molar-refractivity contribution in [3.8, 4) is 0 Å². The van der Waals surface area contributed by atoms with E-state index in [9.17, 15) is 5.11 Å². The molecule has 2 rings (SSSR count). The molecule has 0 aliphatic heterocycles. The fourth-order valence-electron chi connectivity index (χ4n) is 1.49. The second-order valence-corrected chi connectivity index (χ2v) is 4.35. The van der Waals surface area contributed by atoms with Crippen molar-refractivity contribution in [2.75, 3.05) is 5.73 Å². The van der Waals surface area contributed by atoms with E-state index in [0.717, 1.165) is 10.0 Å². The summed E-state index contributed by atoms with van der Waals surface area (Å²) in [6.45, 7) is 0. The number of nitrogen functional groups attached to an aromatic ring is 1. The number of pyridine rings is 1. The molecule has 1 atom stereocenters. The van der Waals surface area contributed by atoms with Crippen LogP contribution in [-0.4, -0.2) is 10.1 Å². The zero-order chi connectivity index (χ0) is 11.5. The SMILES string of the molecule is Nc1ncccc1C(O)c1ccc(Br)cc1. The minimum absolute atomic E-state index is 0.359. The summed E-state index contributed by atoms with van der Waals surface area (Å²) in [5.74, 6) is 0.359. The molecule has 0 amide bonds. The van der Waals surface area contributed by atoms with Gasteiger partial charge in [-0.3, -0.25) is 0 Å². The third-order valence-corrected chi connectivity index (χ3v) is 2.88. The van der Waals surface area contributed by atoms with Gasteiger partial charge in [0.05, 0.1) is 0 Å². The number of aliphatic hydroxyl groups excluding tert-OH is 1. The molecule has 2 aromatic rings. The van der Waals surface area contributed by atoms with Crippen molar-refractivity contribution in [1.29, 1.82) is 0 Å². The van der Waals surface area contributed by atoms with Crippen LogP contribution >= 0.6 is 15.9 Å². The third-order valence-electron chi connectivity index (χ3n) is 2.35. The average molecular weight is 279 g/mol. The summed E-state index contributed by atoms with van der Waals surface area (Å²) in [5.41, 5.74) is 7.13.